The van der Waals surface area contributed by atoms with Gasteiger partial charge in [-0.3, -0.25) is 4.79 Å². The van der Waals surface area contributed by atoms with E-state index in [-0.39, 0.29) is 11.9 Å². The number of benzene rings is 1. The summed E-state index contributed by atoms with van der Waals surface area (Å²) >= 11 is 0. The molecule has 2 heterocycles. The highest BCUT2D eigenvalue weighted by atomic mass is 16.5. The fourth-order valence-corrected chi connectivity index (χ4v) is 2.99. The van der Waals surface area contributed by atoms with E-state index in [1.807, 2.05) is 19.1 Å². The highest BCUT2D eigenvalue weighted by Crippen LogP contribution is 2.29. The third-order valence-corrected chi connectivity index (χ3v) is 4.11. The zero-order chi connectivity index (χ0) is 14.8. The molecule has 0 spiro atoms. The molecule has 1 fully saturated rings. The minimum Gasteiger partial charge on any atom is -0.469 e. The second-order valence-electron chi connectivity index (χ2n) is 5.46. The number of esters is 1. The Morgan fingerprint density at radius 3 is 2.81 bits per heavy atom. The van der Waals surface area contributed by atoms with Gasteiger partial charge in [-0.05, 0) is 19.8 Å². The average molecular weight is 285 g/mol. The molecule has 1 aromatic heterocycles. The van der Waals surface area contributed by atoms with Crippen LogP contribution < -0.4 is 4.90 Å². The van der Waals surface area contributed by atoms with Crippen molar-refractivity contribution in [2.45, 2.75) is 19.8 Å². The molecule has 0 radical (unpaired) electrons. The Balaban J connectivity index is 1.97. The molecule has 5 heteroatoms. The van der Waals surface area contributed by atoms with E-state index in [2.05, 4.69) is 27.2 Å². The number of piperidine rings is 1. The van der Waals surface area contributed by atoms with Crippen molar-refractivity contribution in [3.05, 3.63) is 30.0 Å². The number of hydrogen-bond donors (Lipinski definition) is 0. The van der Waals surface area contributed by atoms with E-state index in [9.17, 15) is 4.79 Å². The molecule has 1 atom stereocenters. The van der Waals surface area contributed by atoms with E-state index in [1.54, 1.807) is 0 Å². The lowest BCUT2D eigenvalue weighted by atomic mass is 9.98. The van der Waals surface area contributed by atoms with Crippen LogP contribution in [0.5, 0.6) is 0 Å². The summed E-state index contributed by atoms with van der Waals surface area (Å²) in [6, 6.07) is 8.14. The number of ether oxygens (including phenoxy) is 1. The molecule has 21 heavy (non-hydrogen) atoms. The predicted molar refractivity (Wildman–Crippen MR) is 81.2 cm³/mol. The number of rotatable bonds is 2. The van der Waals surface area contributed by atoms with Crippen molar-refractivity contribution >= 4 is 22.6 Å². The molecule has 2 aromatic rings. The van der Waals surface area contributed by atoms with E-state index in [4.69, 9.17) is 4.74 Å². The van der Waals surface area contributed by atoms with Gasteiger partial charge in [0.2, 0.25) is 0 Å². The summed E-state index contributed by atoms with van der Waals surface area (Å²) in [6.07, 6.45) is 1.84. The number of carbonyl (C=O) groups excluding carboxylic acids is 1. The van der Waals surface area contributed by atoms with Gasteiger partial charge >= 0.3 is 5.97 Å². The van der Waals surface area contributed by atoms with Gasteiger partial charge in [-0.1, -0.05) is 24.3 Å². The second kappa shape index (κ2) is 5.68. The van der Waals surface area contributed by atoms with Crippen LogP contribution in [-0.2, 0) is 9.53 Å². The van der Waals surface area contributed by atoms with E-state index >= 15 is 0 Å². The maximum atomic E-state index is 11.8. The number of carbonyl (C=O) groups is 1. The first kappa shape index (κ1) is 13.8. The van der Waals surface area contributed by atoms with Gasteiger partial charge in [0.15, 0.2) is 5.82 Å². The van der Waals surface area contributed by atoms with E-state index in [1.165, 1.54) is 7.11 Å². The van der Waals surface area contributed by atoms with Crippen molar-refractivity contribution in [3.63, 3.8) is 0 Å². The van der Waals surface area contributed by atoms with Gasteiger partial charge in [0.1, 0.15) is 0 Å². The Morgan fingerprint density at radius 2 is 2.05 bits per heavy atom. The molecule has 0 bridgehead atoms. The quantitative estimate of drug-likeness (QED) is 0.793. The van der Waals surface area contributed by atoms with Crippen LogP contribution in [-0.4, -0.2) is 36.4 Å². The second-order valence-corrected chi connectivity index (χ2v) is 5.46. The molecule has 3 rings (SSSR count). The summed E-state index contributed by atoms with van der Waals surface area (Å²) in [5.41, 5.74) is 0.927. The Morgan fingerprint density at radius 1 is 1.29 bits per heavy atom. The van der Waals surface area contributed by atoms with Gasteiger partial charge in [0, 0.05) is 23.9 Å². The van der Waals surface area contributed by atoms with Gasteiger partial charge < -0.3 is 9.64 Å². The fraction of sp³-hybridized carbons (Fsp3) is 0.438. The fourth-order valence-electron chi connectivity index (χ4n) is 2.99. The van der Waals surface area contributed by atoms with E-state index < -0.39 is 0 Å². The van der Waals surface area contributed by atoms with Gasteiger partial charge in [-0.25, -0.2) is 0 Å². The first-order valence-electron chi connectivity index (χ1n) is 7.25. The van der Waals surface area contributed by atoms with Crippen LogP contribution in [0, 0.1) is 12.8 Å². The van der Waals surface area contributed by atoms with Crippen molar-refractivity contribution in [1.29, 1.82) is 0 Å². The number of aryl methyl sites for hydroxylation is 1. The topological polar surface area (TPSA) is 55.3 Å². The molecule has 1 aliphatic heterocycles. The van der Waals surface area contributed by atoms with Crippen molar-refractivity contribution < 1.29 is 9.53 Å². The summed E-state index contributed by atoms with van der Waals surface area (Å²) in [5, 5.41) is 10.8. The maximum Gasteiger partial charge on any atom is 0.310 e. The van der Waals surface area contributed by atoms with Crippen LogP contribution in [0.1, 0.15) is 18.5 Å². The van der Waals surface area contributed by atoms with Crippen LogP contribution in [0.3, 0.4) is 0 Å². The first-order chi connectivity index (χ1) is 10.2. The third-order valence-electron chi connectivity index (χ3n) is 4.11. The van der Waals surface area contributed by atoms with Crippen molar-refractivity contribution in [2.75, 3.05) is 25.1 Å². The van der Waals surface area contributed by atoms with Crippen LogP contribution in [0.25, 0.3) is 10.8 Å². The van der Waals surface area contributed by atoms with Gasteiger partial charge in [-0.15, -0.1) is 5.10 Å². The van der Waals surface area contributed by atoms with Crippen molar-refractivity contribution in [1.82, 2.24) is 10.2 Å². The molecular weight excluding hydrogens is 266 g/mol. The largest absolute Gasteiger partial charge is 0.469 e. The lowest BCUT2D eigenvalue weighted by Crippen LogP contribution is -2.39. The minimum absolute atomic E-state index is 0.0781. The summed E-state index contributed by atoms with van der Waals surface area (Å²) < 4.78 is 4.88. The number of methoxy groups -OCH3 is 1. The van der Waals surface area contributed by atoms with E-state index in [0.717, 1.165) is 41.7 Å². The maximum absolute atomic E-state index is 11.8. The summed E-state index contributed by atoms with van der Waals surface area (Å²) in [7, 11) is 1.45. The molecule has 0 saturated carbocycles. The van der Waals surface area contributed by atoms with E-state index in [0.29, 0.717) is 6.54 Å². The number of anilines is 1. The molecule has 110 valence electrons. The monoisotopic (exact) mass is 285 g/mol. The molecule has 1 aromatic carbocycles. The molecular formula is C16H19N3O2. The third kappa shape index (κ3) is 2.55. The molecule has 0 N–H and O–H groups in total. The number of aromatic nitrogens is 2. The van der Waals surface area contributed by atoms with Gasteiger partial charge in [0.05, 0.1) is 18.7 Å². The highest BCUT2D eigenvalue weighted by molar-refractivity contribution is 5.93. The van der Waals surface area contributed by atoms with Crippen molar-refractivity contribution in [3.8, 4) is 0 Å². The standard InChI is InChI=1S/C16H19N3O2/c1-11-13-7-3-4-8-14(13)15(18-17-11)19-9-5-6-12(10-19)16(20)21-2/h3-4,7-8,12H,5-6,9-10H2,1-2H3. The Labute approximate surface area is 123 Å². The summed E-state index contributed by atoms with van der Waals surface area (Å²) in [6.45, 7) is 3.51. The molecule has 5 nitrogen and oxygen atoms in total. The minimum atomic E-state index is -0.135. The van der Waals surface area contributed by atoms with Crippen LogP contribution in [0.2, 0.25) is 0 Å². The molecule has 1 aliphatic rings. The van der Waals surface area contributed by atoms with Crippen molar-refractivity contribution in [2.24, 2.45) is 5.92 Å². The number of nitrogens with zero attached hydrogens (tertiary/aromatic N) is 3. The number of fused-ring (bicyclic) bond motifs is 1. The normalized spacial score (nSPS) is 18.8. The predicted octanol–water partition coefficient (Wildman–Crippen LogP) is 2.33. The van der Waals surface area contributed by atoms with Crippen LogP contribution in [0.4, 0.5) is 5.82 Å². The first-order valence-corrected chi connectivity index (χ1v) is 7.25. The SMILES string of the molecule is COC(=O)C1CCCN(c2nnc(C)c3ccccc23)C1. The molecule has 1 saturated heterocycles. The van der Waals surface area contributed by atoms with Crippen LogP contribution >= 0.6 is 0 Å². The lowest BCUT2D eigenvalue weighted by Gasteiger charge is -2.32. The highest BCUT2D eigenvalue weighted by Gasteiger charge is 2.28. The lowest BCUT2D eigenvalue weighted by molar-refractivity contribution is -0.145. The molecule has 0 aliphatic carbocycles. The van der Waals surface area contributed by atoms with Gasteiger partial charge in [0.25, 0.3) is 0 Å². The Hall–Kier alpha value is -2.17. The summed E-state index contributed by atoms with van der Waals surface area (Å²) in [4.78, 5) is 13.9. The van der Waals surface area contributed by atoms with Gasteiger partial charge in [-0.2, -0.15) is 5.10 Å². The Bertz CT molecular complexity index is 672. The van der Waals surface area contributed by atoms with Crippen LogP contribution in [0.15, 0.2) is 24.3 Å². The average Bonchev–Trinajstić information content (AvgIpc) is 2.55. The smallest absolute Gasteiger partial charge is 0.310 e. The summed E-state index contributed by atoms with van der Waals surface area (Å²) in [5.74, 6) is 0.652. The molecule has 0 amide bonds. The zero-order valence-electron chi connectivity index (χ0n) is 12.4. The number of hydrogen-bond acceptors (Lipinski definition) is 5. The molecule has 1 unspecified atom stereocenters. The zero-order valence-corrected chi connectivity index (χ0v) is 12.4. The Kier molecular flexibility index (Phi) is 3.73.